The number of ether oxygens (including phenoxy) is 1. The molecule has 1 unspecified atom stereocenters. The van der Waals surface area contributed by atoms with Crippen LogP contribution >= 0.6 is 0 Å². The first-order chi connectivity index (χ1) is 8.29. The molecule has 1 aromatic carbocycles. The summed E-state index contributed by atoms with van der Waals surface area (Å²) in [5, 5.41) is 4.50. The minimum absolute atomic E-state index is 0.480. The van der Waals surface area contributed by atoms with Crippen molar-refractivity contribution in [3.05, 3.63) is 36.4 Å². The fourth-order valence-corrected chi connectivity index (χ4v) is 1.79. The summed E-state index contributed by atoms with van der Waals surface area (Å²) in [7, 11) is 1.73. The zero-order chi connectivity index (χ0) is 12.1. The zero-order valence-electron chi connectivity index (χ0n) is 10.3. The standard InChI is InChI=1S/C14H18N2O/c1-11(10-17-2)9-15-14-8-7-12-5-3-4-6-13(12)16-14/h3-8,11H,9-10H2,1-2H3,(H,15,16). The molecule has 1 N–H and O–H groups in total. The number of hydrogen-bond donors (Lipinski definition) is 1. The van der Waals surface area contributed by atoms with Crippen molar-refractivity contribution in [1.29, 1.82) is 0 Å². The summed E-state index contributed by atoms with van der Waals surface area (Å²) in [6, 6.07) is 12.2. The van der Waals surface area contributed by atoms with Gasteiger partial charge in [-0.1, -0.05) is 25.1 Å². The maximum Gasteiger partial charge on any atom is 0.126 e. The maximum absolute atomic E-state index is 5.10. The highest BCUT2D eigenvalue weighted by Crippen LogP contribution is 2.14. The van der Waals surface area contributed by atoms with Crippen LogP contribution in [0.2, 0.25) is 0 Å². The van der Waals surface area contributed by atoms with Crippen LogP contribution in [-0.4, -0.2) is 25.2 Å². The predicted octanol–water partition coefficient (Wildman–Crippen LogP) is 2.93. The molecule has 1 atom stereocenters. The van der Waals surface area contributed by atoms with Crippen LogP contribution in [-0.2, 0) is 4.74 Å². The lowest BCUT2D eigenvalue weighted by molar-refractivity contribution is 0.164. The molecule has 17 heavy (non-hydrogen) atoms. The second-order valence-electron chi connectivity index (χ2n) is 4.33. The minimum atomic E-state index is 0.480. The monoisotopic (exact) mass is 230 g/mol. The Morgan fingerprint density at radius 2 is 2.06 bits per heavy atom. The van der Waals surface area contributed by atoms with Crippen molar-refractivity contribution in [1.82, 2.24) is 4.98 Å². The van der Waals surface area contributed by atoms with Gasteiger partial charge < -0.3 is 10.1 Å². The maximum atomic E-state index is 5.10. The van der Waals surface area contributed by atoms with Gasteiger partial charge in [0.2, 0.25) is 0 Å². The van der Waals surface area contributed by atoms with Gasteiger partial charge in [0.25, 0.3) is 0 Å². The molecule has 2 rings (SSSR count). The third-order valence-corrected chi connectivity index (χ3v) is 2.68. The van der Waals surface area contributed by atoms with Crippen molar-refractivity contribution < 1.29 is 4.74 Å². The fraction of sp³-hybridized carbons (Fsp3) is 0.357. The lowest BCUT2D eigenvalue weighted by Crippen LogP contribution is -2.16. The summed E-state index contributed by atoms with van der Waals surface area (Å²) in [5.74, 6) is 1.40. The first-order valence-electron chi connectivity index (χ1n) is 5.88. The number of para-hydroxylation sites is 1. The molecule has 0 spiro atoms. The van der Waals surface area contributed by atoms with Crippen molar-refractivity contribution >= 4 is 16.7 Å². The van der Waals surface area contributed by atoms with E-state index in [9.17, 15) is 0 Å². The van der Waals surface area contributed by atoms with Crippen LogP contribution in [0.4, 0.5) is 5.82 Å². The van der Waals surface area contributed by atoms with E-state index in [1.165, 1.54) is 5.39 Å². The van der Waals surface area contributed by atoms with Crippen molar-refractivity contribution in [3.63, 3.8) is 0 Å². The van der Waals surface area contributed by atoms with Crippen LogP contribution in [0.15, 0.2) is 36.4 Å². The van der Waals surface area contributed by atoms with Gasteiger partial charge in [-0.05, 0) is 24.1 Å². The number of aromatic nitrogens is 1. The Hall–Kier alpha value is -1.61. The van der Waals surface area contributed by atoms with E-state index < -0.39 is 0 Å². The van der Waals surface area contributed by atoms with Gasteiger partial charge in [-0.15, -0.1) is 0 Å². The topological polar surface area (TPSA) is 34.1 Å². The van der Waals surface area contributed by atoms with Crippen molar-refractivity contribution in [2.45, 2.75) is 6.92 Å². The number of hydrogen-bond acceptors (Lipinski definition) is 3. The number of nitrogens with one attached hydrogen (secondary N) is 1. The average molecular weight is 230 g/mol. The van der Waals surface area contributed by atoms with E-state index in [0.717, 1.165) is 24.5 Å². The summed E-state index contributed by atoms with van der Waals surface area (Å²) in [6.45, 7) is 3.79. The van der Waals surface area contributed by atoms with Crippen LogP contribution in [0, 0.1) is 5.92 Å². The minimum Gasteiger partial charge on any atom is -0.384 e. The van der Waals surface area contributed by atoms with Gasteiger partial charge in [0.1, 0.15) is 5.82 Å². The van der Waals surface area contributed by atoms with Gasteiger partial charge in [-0.25, -0.2) is 4.98 Å². The molecule has 1 aromatic heterocycles. The molecule has 1 heterocycles. The highest BCUT2D eigenvalue weighted by molar-refractivity contribution is 5.79. The Labute approximate surface area is 102 Å². The summed E-state index contributed by atoms with van der Waals surface area (Å²) < 4.78 is 5.10. The summed E-state index contributed by atoms with van der Waals surface area (Å²) in [6.07, 6.45) is 0. The molecular weight excluding hydrogens is 212 g/mol. The van der Waals surface area contributed by atoms with Crippen LogP contribution in [0.25, 0.3) is 10.9 Å². The lowest BCUT2D eigenvalue weighted by atomic mass is 10.2. The molecule has 90 valence electrons. The number of pyridine rings is 1. The molecule has 0 aliphatic carbocycles. The van der Waals surface area contributed by atoms with Gasteiger partial charge in [-0.3, -0.25) is 0 Å². The molecule has 0 bridgehead atoms. The Morgan fingerprint density at radius 3 is 2.88 bits per heavy atom. The molecule has 2 aromatic rings. The van der Waals surface area contributed by atoms with Crippen LogP contribution in [0.5, 0.6) is 0 Å². The van der Waals surface area contributed by atoms with Crippen molar-refractivity contribution in [2.75, 3.05) is 25.6 Å². The average Bonchev–Trinajstić information content (AvgIpc) is 2.36. The van der Waals surface area contributed by atoms with E-state index in [-0.39, 0.29) is 0 Å². The zero-order valence-corrected chi connectivity index (χ0v) is 10.3. The molecule has 0 radical (unpaired) electrons. The van der Waals surface area contributed by atoms with E-state index in [1.807, 2.05) is 24.3 Å². The number of rotatable bonds is 5. The van der Waals surface area contributed by atoms with E-state index in [1.54, 1.807) is 7.11 Å². The molecule has 0 aliphatic rings. The smallest absolute Gasteiger partial charge is 0.126 e. The first kappa shape index (κ1) is 11.9. The van der Waals surface area contributed by atoms with E-state index in [4.69, 9.17) is 4.74 Å². The van der Waals surface area contributed by atoms with Crippen molar-refractivity contribution in [3.8, 4) is 0 Å². The normalized spacial score (nSPS) is 12.6. The predicted molar refractivity (Wildman–Crippen MR) is 71.3 cm³/mol. The highest BCUT2D eigenvalue weighted by atomic mass is 16.5. The molecule has 0 amide bonds. The Bertz CT molecular complexity index is 484. The van der Waals surface area contributed by atoms with Crippen molar-refractivity contribution in [2.24, 2.45) is 5.92 Å². The summed E-state index contributed by atoms with van der Waals surface area (Å²) in [4.78, 5) is 4.56. The second-order valence-corrected chi connectivity index (χ2v) is 4.33. The number of fused-ring (bicyclic) bond motifs is 1. The van der Waals surface area contributed by atoms with Gasteiger partial charge >= 0.3 is 0 Å². The third-order valence-electron chi connectivity index (χ3n) is 2.68. The fourth-order valence-electron chi connectivity index (χ4n) is 1.79. The number of benzene rings is 1. The summed E-state index contributed by atoms with van der Waals surface area (Å²) in [5.41, 5.74) is 1.02. The molecule has 3 nitrogen and oxygen atoms in total. The SMILES string of the molecule is COCC(C)CNc1ccc2ccccc2n1. The molecule has 0 fully saturated rings. The van der Waals surface area contributed by atoms with E-state index in [0.29, 0.717) is 5.92 Å². The number of methoxy groups -OCH3 is 1. The van der Waals surface area contributed by atoms with Crippen LogP contribution in [0.1, 0.15) is 6.92 Å². The van der Waals surface area contributed by atoms with E-state index in [2.05, 4.69) is 29.4 Å². The Kier molecular flexibility index (Phi) is 3.94. The van der Waals surface area contributed by atoms with Gasteiger partial charge in [-0.2, -0.15) is 0 Å². The Morgan fingerprint density at radius 1 is 1.24 bits per heavy atom. The molecule has 0 saturated heterocycles. The third kappa shape index (κ3) is 3.17. The highest BCUT2D eigenvalue weighted by Gasteiger charge is 2.02. The van der Waals surface area contributed by atoms with Crippen LogP contribution in [0.3, 0.4) is 0 Å². The van der Waals surface area contributed by atoms with Crippen LogP contribution < -0.4 is 5.32 Å². The van der Waals surface area contributed by atoms with Gasteiger partial charge in [0.15, 0.2) is 0 Å². The molecule has 0 aliphatic heterocycles. The Balaban J connectivity index is 2.04. The second kappa shape index (κ2) is 5.64. The number of nitrogens with zero attached hydrogens (tertiary/aromatic N) is 1. The quantitative estimate of drug-likeness (QED) is 0.857. The molecule has 0 saturated carbocycles. The molecule has 3 heteroatoms. The molecular formula is C14H18N2O. The lowest BCUT2D eigenvalue weighted by Gasteiger charge is -2.12. The first-order valence-corrected chi connectivity index (χ1v) is 5.88. The van der Waals surface area contributed by atoms with Gasteiger partial charge in [0.05, 0.1) is 12.1 Å². The largest absolute Gasteiger partial charge is 0.384 e. The number of anilines is 1. The van der Waals surface area contributed by atoms with E-state index >= 15 is 0 Å². The van der Waals surface area contributed by atoms with Gasteiger partial charge in [0, 0.05) is 19.0 Å². The summed E-state index contributed by atoms with van der Waals surface area (Å²) >= 11 is 0.